The van der Waals surface area contributed by atoms with Gasteiger partial charge in [0.2, 0.25) is 0 Å². The predicted molar refractivity (Wildman–Crippen MR) is 75.2 cm³/mol. The number of urea groups is 1. The van der Waals surface area contributed by atoms with Gasteiger partial charge in [-0.05, 0) is 17.9 Å². The van der Waals surface area contributed by atoms with E-state index in [1.165, 1.54) is 11.3 Å². The summed E-state index contributed by atoms with van der Waals surface area (Å²) < 4.78 is 5.14. The molecule has 3 rings (SSSR count). The van der Waals surface area contributed by atoms with Crippen molar-refractivity contribution in [1.82, 2.24) is 10.2 Å². The lowest BCUT2D eigenvalue weighted by molar-refractivity contribution is -0.136. The second kappa shape index (κ2) is 5.28. The summed E-state index contributed by atoms with van der Waals surface area (Å²) >= 11 is 1.53. The first-order valence-electron chi connectivity index (χ1n) is 6.74. The van der Waals surface area contributed by atoms with Crippen molar-refractivity contribution >= 4 is 23.3 Å². The first-order chi connectivity index (χ1) is 9.72. The van der Waals surface area contributed by atoms with Crippen LogP contribution in [0.3, 0.4) is 0 Å². The number of hydrogen-bond acceptors (Lipinski definition) is 4. The van der Waals surface area contributed by atoms with E-state index in [9.17, 15) is 9.59 Å². The zero-order valence-corrected chi connectivity index (χ0v) is 12.0. The average Bonchev–Trinajstić information content (AvgIpc) is 3.07. The van der Waals surface area contributed by atoms with E-state index in [4.69, 9.17) is 4.74 Å². The van der Waals surface area contributed by atoms with Gasteiger partial charge in [-0.1, -0.05) is 19.4 Å². The summed E-state index contributed by atoms with van der Waals surface area (Å²) in [6.07, 6.45) is 1.90. The number of amides is 2. The molecule has 5 nitrogen and oxygen atoms in total. The van der Waals surface area contributed by atoms with Crippen molar-refractivity contribution in [2.75, 3.05) is 13.2 Å². The van der Waals surface area contributed by atoms with Gasteiger partial charge in [0.1, 0.15) is 6.61 Å². The van der Waals surface area contributed by atoms with Crippen molar-refractivity contribution in [1.29, 1.82) is 0 Å². The Morgan fingerprint density at radius 3 is 3.05 bits per heavy atom. The topological polar surface area (TPSA) is 58.6 Å². The van der Waals surface area contributed by atoms with E-state index in [2.05, 4.69) is 12.2 Å². The standard InChI is InChI=1S/C14H16N2O3S/c1-2-3-6-16-9-8-19-13(17)11(9)12(15-14(16)18)10-5-4-7-20-10/h4-5,7,12H,2-3,6,8H2,1H3,(H,15,18). The Balaban J connectivity index is 1.98. The monoisotopic (exact) mass is 292 g/mol. The third-order valence-electron chi connectivity index (χ3n) is 3.56. The van der Waals surface area contributed by atoms with Crippen molar-refractivity contribution in [3.05, 3.63) is 33.7 Å². The second-order valence-electron chi connectivity index (χ2n) is 4.84. The van der Waals surface area contributed by atoms with Crippen LogP contribution in [0.4, 0.5) is 4.79 Å². The van der Waals surface area contributed by atoms with Crippen LogP contribution in [-0.4, -0.2) is 30.1 Å². The normalized spacial score (nSPS) is 21.9. The Morgan fingerprint density at radius 1 is 1.50 bits per heavy atom. The maximum absolute atomic E-state index is 12.3. The Bertz CT molecular complexity index is 565. The number of thiophene rings is 1. The maximum atomic E-state index is 12.3. The third kappa shape index (κ3) is 2.10. The molecule has 0 bridgehead atoms. The number of carbonyl (C=O) groups excluding carboxylic acids is 2. The fourth-order valence-electron chi connectivity index (χ4n) is 2.53. The highest BCUT2D eigenvalue weighted by Crippen LogP contribution is 2.36. The lowest BCUT2D eigenvalue weighted by Crippen LogP contribution is -2.47. The number of cyclic esters (lactones) is 1. The van der Waals surface area contributed by atoms with Crippen LogP contribution >= 0.6 is 11.3 Å². The van der Waals surface area contributed by atoms with Crippen LogP contribution in [0.5, 0.6) is 0 Å². The fraction of sp³-hybridized carbons (Fsp3) is 0.429. The third-order valence-corrected chi connectivity index (χ3v) is 4.50. The van der Waals surface area contributed by atoms with Crippen LogP contribution in [0.1, 0.15) is 30.7 Å². The molecule has 6 heteroatoms. The van der Waals surface area contributed by atoms with Gasteiger partial charge in [0.15, 0.2) is 0 Å². The van der Waals surface area contributed by atoms with Gasteiger partial charge in [0.05, 0.1) is 17.3 Å². The molecule has 1 N–H and O–H groups in total. The number of rotatable bonds is 4. The predicted octanol–water partition coefficient (Wildman–Crippen LogP) is 2.43. The highest BCUT2D eigenvalue weighted by molar-refractivity contribution is 7.10. The molecule has 1 aromatic rings. The second-order valence-corrected chi connectivity index (χ2v) is 5.82. The SMILES string of the molecule is CCCCN1C(=O)NC(c2cccs2)C2=C1COC2=O. The Kier molecular flexibility index (Phi) is 3.48. The highest BCUT2D eigenvalue weighted by atomic mass is 32.1. The summed E-state index contributed by atoms with van der Waals surface area (Å²) in [5, 5.41) is 4.85. The average molecular weight is 292 g/mol. The number of nitrogens with one attached hydrogen (secondary N) is 1. The van der Waals surface area contributed by atoms with Crippen molar-refractivity contribution in [3.63, 3.8) is 0 Å². The fourth-order valence-corrected chi connectivity index (χ4v) is 3.32. The van der Waals surface area contributed by atoms with E-state index >= 15 is 0 Å². The van der Waals surface area contributed by atoms with Crippen LogP contribution < -0.4 is 5.32 Å². The molecule has 0 radical (unpaired) electrons. The highest BCUT2D eigenvalue weighted by Gasteiger charge is 2.42. The first-order valence-corrected chi connectivity index (χ1v) is 7.62. The minimum absolute atomic E-state index is 0.145. The number of unbranched alkanes of at least 4 members (excludes halogenated alkanes) is 1. The van der Waals surface area contributed by atoms with E-state index in [0.29, 0.717) is 12.1 Å². The molecule has 2 aliphatic rings. The largest absolute Gasteiger partial charge is 0.456 e. The Hall–Kier alpha value is -1.82. The van der Waals surface area contributed by atoms with Gasteiger partial charge < -0.3 is 10.1 Å². The van der Waals surface area contributed by atoms with Crippen LogP contribution in [0, 0.1) is 0 Å². The van der Waals surface area contributed by atoms with Crippen LogP contribution in [0.25, 0.3) is 0 Å². The first kappa shape index (κ1) is 13.2. The van der Waals surface area contributed by atoms with Crippen LogP contribution in [-0.2, 0) is 9.53 Å². The summed E-state index contributed by atoms with van der Waals surface area (Å²) in [4.78, 5) is 26.9. The summed E-state index contributed by atoms with van der Waals surface area (Å²) in [5.74, 6) is -0.320. The van der Waals surface area contributed by atoms with Crippen LogP contribution in [0.2, 0.25) is 0 Å². The van der Waals surface area contributed by atoms with E-state index in [0.717, 1.165) is 23.4 Å². The molecule has 1 aromatic heterocycles. The smallest absolute Gasteiger partial charge is 0.338 e. The van der Waals surface area contributed by atoms with Gasteiger partial charge >= 0.3 is 12.0 Å². The number of nitrogens with zero attached hydrogens (tertiary/aromatic N) is 1. The lowest BCUT2D eigenvalue weighted by atomic mass is 10.0. The summed E-state index contributed by atoms with van der Waals surface area (Å²) in [6, 6.07) is 3.32. The van der Waals surface area contributed by atoms with Gasteiger partial charge in [0, 0.05) is 11.4 Å². The molecule has 2 amide bonds. The zero-order chi connectivity index (χ0) is 14.1. The quantitative estimate of drug-likeness (QED) is 0.867. The Morgan fingerprint density at radius 2 is 2.35 bits per heavy atom. The van der Waals surface area contributed by atoms with E-state index in [-0.39, 0.29) is 24.6 Å². The number of carbonyl (C=O) groups is 2. The molecular weight excluding hydrogens is 276 g/mol. The van der Waals surface area contributed by atoms with Gasteiger partial charge in [0.25, 0.3) is 0 Å². The van der Waals surface area contributed by atoms with Gasteiger partial charge in [-0.15, -0.1) is 11.3 Å². The van der Waals surface area contributed by atoms with E-state index in [1.54, 1.807) is 4.90 Å². The number of ether oxygens (including phenoxy) is 1. The number of esters is 1. The minimum atomic E-state index is -0.370. The van der Waals surface area contributed by atoms with E-state index in [1.807, 2.05) is 17.5 Å². The molecule has 20 heavy (non-hydrogen) atoms. The minimum Gasteiger partial charge on any atom is -0.456 e. The molecule has 0 spiro atoms. The molecule has 0 saturated heterocycles. The van der Waals surface area contributed by atoms with Crippen molar-refractivity contribution in [2.24, 2.45) is 0 Å². The van der Waals surface area contributed by atoms with Gasteiger partial charge in [-0.2, -0.15) is 0 Å². The zero-order valence-electron chi connectivity index (χ0n) is 11.2. The molecule has 0 fully saturated rings. The molecular formula is C14H16N2O3S. The molecule has 0 aliphatic carbocycles. The van der Waals surface area contributed by atoms with Crippen molar-refractivity contribution in [2.45, 2.75) is 25.8 Å². The summed E-state index contributed by atoms with van der Waals surface area (Å²) in [6.45, 7) is 2.89. The van der Waals surface area contributed by atoms with Crippen LogP contribution in [0.15, 0.2) is 28.8 Å². The molecule has 1 unspecified atom stereocenters. The van der Waals surface area contributed by atoms with Crippen molar-refractivity contribution < 1.29 is 14.3 Å². The number of hydrogen-bond donors (Lipinski definition) is 1. The summed E-state index contributed by atoms with van der Waals surface area (Å²) in [5.41, 5.74) is 1.31. The van der Waals surface area contributed by atoms with E-state index < -0.39 is 0 Å². The van der Waals surface area contributed by atoms with Crippen molar-refractivity contribution in [3.8, 4) is 0 Å². The molecule has 1 atom stereocenters. The maximum Gasteiger partial charge on any atom is 0.338 e. The molecule has 0 aromatic carbocycles. The Labute approximate surface area is 121 Å². The molecule has 3 heterocycles. The van der Waals surface area contributed by atoms with Gasteiger partial charge in [-0.25, -0.2) is 9.59 Å². The lowest BCUT2D eigenvalue weighted by Gasteiger charge is -2.32. The molecule has 2 aliphatic heterocycles. The van der Waals surface area contributed by atoms with Gasteiger partial charge in [-0.3, -0.25) is 4.90 Å². The molecule has 106 valence electrons. The summed E-state index contributed by atoms with van der Waals surface area (Å²) in [7, 11) is 0. The molecule has 0 saturated carbocycles.